The van der Waals surface area contributed by atoms with Crippen molar-refractivity contribution in [3.8, 4) is 5.75 Å². The number of hydrogen-bond acceptors (Lipinski definition) is 7. The number of benzene rings is 1. The standard InChI is InChI=1S/C21H22N4O3S/c1-15-23-18(14-29-15)13-28-19-4-2-3-16(11-19)21(26)24-17-5-6-20(22-12-17)25-7-9-27-10-8-25/h2-6,11-12,14H,7-10,13H2,1H3,(H,24,26). The number of rotatable bonds is 6. The van der Waals surface area contributed by atoms with Gasteiger partial charge in [0.2, 0.25) is 0 Å². The molecule has 1 aliphatic rings. The Morgan fingerprint density at radius 1 is 1.28 bits per heavy atom. The molecule has 4 rings (SSSR count). The third-order valence-electron chi connectivity index (χ3n) is 4.49. The first-order chi connectivity index (χ1) is 14.2. The van der Waals surface area contributed by atoms with Crippen molar-refractivity contribution in [1.82, 2.24) is 9.97 Å². The zero-order valence-electron chi connectivity index (χ0n) is 16.1. The molecule has 3 heterocycles. The molecule has 0 saturated carbocycles. The van der Waals surface area contributed by atoms with E-state index in [4.69, 9.17) is 9.47 Å². The van der Waals surface area contributed by atoms with Crippen molar-refractivity contribution in [3.05, 3.63) is 64.2 Å². The molecule has 1 saturated heterocycles. The van der Waals surface area contributed by atoms with E-state index in [1.54, 1.807) is 35.7 Å². The summed E-state index contributed by atoms with van der Waals surface area (Å²) in [6.07, 6.45) is 1.67. The molecule has 3 aromatic rings. The molecule has 1 aliphatic heterocycles. The highest BCUT2D eigenvalue weighted by Gasteiger charge is 2.13. The fourth-order valence-electron chi connectivity index (χ4n) is 3.00. The van der Waals surface area contributed by atoms with Gasteiger partial charge in [-0.2, -0.15) is 0 Å². The number of nitrogens with one attached hydrogen (secondary N) is 1. The average molecular weight is 410 g/mol. The maximum absolute atomic E-state index is 12.6. The Bertz CT molecular complexity index is 968. The molecule has 150 valence electrons. The van der Waals surface area contributed by atoms with Gasteiger partial charge in [-0.15, -0.1) is 11.3 Å². The van der Waals surface area contributed by atoms with Gasteiger partial charge in [-0.1, -0.05) is 6.07 Å². The summed E-state index contributed by atoms with van der Waals surface area (Å²) in [6, 6.07) is 10.9. The third kappa shape index (κ3) is 5.10. The van der Waals surface area contributed by atoms with Gasteiger partial charge in [0.1, 0.15) is 18.2 Å². The van der Waals surface area contributed by atoms with E-state index in [2.05, 4.69) is 20.2 Å². The summed E-state index contributed by atoms with van der Waals surface area (Å²) in [6.45, 7) is 5.41. The van der Waals surface area contributed by atoms with Crippen LogP contribution >= 0.6 is 11.3 Å². The lowest BCUT2D eigenvalue weighted by Crippen LogP contribution is -2.36. The molecule has 7 nitrogen and oxygen atoms in total. The van der Waals surface area contributed by atoms with Gasteiger partial charge < -0.3 is 19.7 Å². The molecule has 29 heavy (non-hydrogen) atoms. The number of anilines is 2. The van der Waals surface area contributed by atoms with E-state index < -0.39 is 0 Å². The van der Waals surface area contributed by atoms with Crippen molar-refractivity contribution >= 4 is 28.7 Å². The predicted molar refractivity (Wildman–Crippen MR) is 113 cm³/mol. The van der Waals surface area contributed by atoms with Gasteiger partial charge in [0.05, 0.1) is 35.8 Å². The summed E-state index contributed by atoms with van der Waals surface area (Å²) in [5.74, 6) is 1.31. The normalized spacial score (nSPS) is 13.9. The highest BCUT2D eigenvalue weighted by atomic mass is 32.1. The number of aryl methyl sites for hydroxylation is 1. The Kier molecular flexibility index (Phi) is 6.02. The molecular formula is C21H22N4O3S. The largest absolute Gasteiger partial charge is 0.487 e. The van der Waals surface area contributed by atoms with Crippen LogP contribution in [0.4, 0.5) is 11.5 Å². The molecular weight excluding hydrogens is 388 g/mol. The number of thiazole rings is 1. The van der Waals surface area contributed by atoms with E-state index in [1.807, 2.05) is 30.5 Å². The van der Waals surface area contributed by atoms with E-state index in [0.717, 1.165) is 29.6 Å². The van der Waals surface area contributed by atoms with Gasteiger partial charge in [0.15, 0.2) is 0 Å². The topological polar surface area (TPSA) is 76.6 Å². The second-order valence-electron chi connectivity index (χ2n) is 6.63. The van der Waals surface area contributed by atoms with Crippen LogP contribution in [0.2, 0.25) is 0 Å². The molecule has 0 radical (unpaired) electrons. The summed E-state index contributed by atoms with van der Waals surface area (Å²) in [5, 5.41) is 5.86. The highest BCUT2D eigenvalue weighted by molar-refractivity contribution is 7.09. The zero-order chi connectivity index (χ0) is 20.1. The number of morpholine rings is 1. The minimum atomic E-state index is -0.208. The van der Waals surface area contributed by atoms with Crippen LogP contribution in [0.1, 0.15) is 21.1 Å². The van der Waals surface area contributed by atoms with Crippen molar-refractivity contribution in [2.75, 3.05) is 36.5 Å². The second-order valence-corrected chi connectivity index (χ2v) is 7.70. The monoisotopic (exact) mass is 410 g/mol. The molecule has 0 unspecified atom stereocenters. The van der Waals surface area contributed by atoms with Gasteiger partial charge in [0, 0.05) is 24.0 Å². The molecule has 0 atom stereocenters. The number of pyridine rings is 1. The van der Waals surface area contributed by atoms with Crippen LogP contribution < -0.4 is 15.0 Å². The van der Waals surface area contributed by atoms with E-state index in [9.17, 15) is 4.79 Å². The summed E-state index contributed by atoms with van der Waals surface area (Å²) in [4.78, 5) is 23.6. The van der Waals surface area contributed by atoms with Crippen LogP contribution in [0.3, 0.4) is 0 Å². The molecule has 1 aromatic carbocycles. The van der Waals surface area contributed by atoms with Crippen LogP contribution in [0.15, 0.2) is 48.0 Å². The van der Waals surface area contributed by atoms with Crippen molar-refractivity contribution in [3.63, 3.8) is 0 Å². The molecule has 0 aliphatic carbocycles. The number of nitrogens with zero attached hydrogens (tertiary/aromatic N) is 3. The number of amides is 1. The summed E-state index contributed by atoms with van der Waals surface area (Å²) >= 11 is 1.59. The first kappa shape index (κ1) is 19.4. The van der Waals surface area contributed by atoms with Gasteiger partial charge in [-0.25, -0.2) is 9.97 Å². The number of ether oxygens (including phenoxy) is 2. The van der Waals surface area contributed by atoms with Gasteiger partial charge >= 0.3 is 0 Å². The second kappa shape index (κ2) is 9.02. The van der Waals surface area contributed by atoms with Crippen LogP contribution in [0.25, 0.3) is 0 Å². The SMILES string of the molecule is Cc1nc(COc2cccc(C(=O)Nc3ccc(N4CCOCC4)nc3)c2)cs1. The highest BCUT2D eigenvalue weighted by Crippen LogP contribution is 2.19. The molecule has 8 heteroatoms. The Balaban J connectivity index is 1.36. The number of aromatic nitrogens is 2. The predicted octanol–water partition coefficient (Wildman–Crippen LogP) is 3.51. The Hall–Kier alpha value is -2.97. The van der Waals surface area contributed by atoms with Gasteiger partial charge in [0.25, 0.3) is 5.91 Å². The molecule has 0 spiro atoms. The zero-order valence-corrected chi connectivity index (χ0v) is 16.9. The quantitative estimate of drug-likeness (QED) is 0.670. The van der Waals surface area contributed by atoms with E-state index in [0.29, 0.717) is 36.8 Å². The van der Waals surface area contributed by atoms with E-state index in [-0.39, 0.29) is 5.91 Å². The van der Waals surface area contributed by atoms with Crippen LogP contribution in [-0.2, 0) is 11.3 Å². The summed E-state index contributed by atoms with van der Waals surface area (Å²) in [5.41, 5.74) is 2.05. The molecule has 1 N–H and O–H groups in total. The summed E-state index contributed by atoms with van der Waals surface area (Å²) < 4.78 is 11.1. The van der Waals surface area contributed by atoms with Crippen molar-refractivity contribution < 1.29 is 14.3 Å². The number of carbonyl (C=O) groups excluding carboxylic acids is 1. The first-order valence-corrected chi connectivity index (χ1v) is 10.3. The Morgan fingerprint density at radius 2 is 2.14 bits per heavy atom. The third-order valence-corrected chi connectivity index (χ3v) is 5.31. The molecule has 2 aromatic heterocycles. The molecule has 1 fully saturated rings. The minimum Gasteiger partial charge on any atom is -0.487 e. The maximum atomic E-state index is 12.6. The van der Waals surface area contributed by atoms with Crippen molar-refractivity contribution in [2.45, 2.75) is 13.5 Å². The smallest absolute Gasteiger partial charge is 0.255 e. The number of hydrogen-bond donors (Lipinski definition) is 1. The Morgan fingerprint density at radius 3 is 2.86 bits per heavy atom. The summed E-state index contributed by atoms with van der Waals surface area (Å²) in [7, 11) is 0. The van der Waals surface area contributed by atoms with Crippen molar-refractivity contribution in [2.24, 2.45) is 0 Å². The van der Waals surface area contributed by atoms with Crippen LogP contribution in [0.5, 0.6) is 5.75 Å². The fourth-order valence-corrected chi connectivity index (χ4v) is 3.60. The molecule has 1 amide bonds. The maximum Gasteiger partial charge on any atom is 0.255 e. The number of carbonyl (C=O) groups is 1. The van der Waals surface area contributed by atoms with Crippen LogP contribution in [-0.4, -0.2) is 42.2 Å². The van der Waals surface area contributed by atoms with E-state index >= 15 is 0 Å². The first-order valence-electron chi connectivity index (χ1n) is 9.41. The fraction of sp³-hybridized carbons (Fsp3) is 0.286. The lowest BCUT2D eigenvalue weighted by molar-refractivity contribution is 0.102. The van der Waals surface area contributed by atoms with E-state index in [1.165, 1.54) is 0 Å². The lowest BCUT2D eigenvalue weighted by Gasteiger charge is -2.27. The average Bonchev–Trinajstić information content (AvgIpc) is 3.19. The Labute approximate surface area is 173 Å². The van der Waals surface area contributed by atoms with Crippen LogP contribution in [0, 0.1) is 6.92 Å². The van der Waals surface area contributed by atoms with Crippen molar-refractivity contribution in [1.29, 1.82) is 0 Å². The minimum absolute atomic E-state index is 0.208. The van der Waals surface area contributed by atoms with Gasteiger partial charge in [-0.05, 0) is 37.3 Å². The lowest BCUT2D eigenvalue weighted by atomic mass is 10.2. The molecule has 0 bridgehead atoms. The van der Waals surface area contributed by atoms with Gasteiger partial charge in [-0.3, -0.25) is 4.79 Å².